The largest absolute Gasteiger partial charge is 0.493 e. The van der Waals surface area contributed by atoms with Gasteiger partial charge in [0.1, 0.15) is 0 Å². The number of benzene rings is 2. The number of rotatable bonds is 6. The zero-order chi connectivity index (χ0) is 26.9. The summed E-state index contributed by atoms with van der Waals surface area (Å²) in [5.74, 6) is 1.09. The highest BCUT2D eigenvalue weighted by atomic mass is 35.5. The molecule has 0 saturated heterocycles. The van der Waals surface area contributed by atoms with Gasteiger partial charge in [-0.1, -0.05) is 34.9 Å². The number of halogens is 1. The number of hydrogen-bond acceptors (Lipinski definition) is 6. The van der Waals surface area contributed by atoms with E-state index in [1.54, 1.807) is 12.1 Å². The normalized spacial score (nSPS) is 14.1. The summed E-state index contributed by atoms with van der Waals surface area (Å²) in [6.45, 7) is 3.90. The molecule has 1 N–H and O–H groups in total. The number of hydrogen-bond donors (Lipinski definition) is 1. The summed E-state index contributed by atoms with van der Waals surface area (Å²) in [5, 5.41) is 3.54. The van der Waals surface area contributed by atoms with Crippen LogP contribution in [-0.2, 0) is 6.42 Å². The molecule has 0 bridgehead atoms. The number of carbonyl (C=O) groups excluding carboxylic acids is 1. The first-order valence-electron chi connectivity index (χ1n) is 11.9. The maximum Gasteiger partial charge on any atom is 0.251 e. The monoisotopic (exact) mass is 523 g/mol. The van der Waals surface area contributed by atoms with Crippen LogP contribution in [0.15, 0.2) is 41.2 Å². The maximum atomic E-state index is 13.4. The number of aryl methyl sites for hydroxylation is 2. The van der Waals surface area contributed by atoms with Crippen LogP contribution in [-0.4, -0.2) is 34.3 Å². The van der Waals surface area contributed by atoms with Crippen molar-refractivity contribution in [2.24, 2.45) is 0 Å². The molecular weight excluding hydrogens is 494 g/mol. The van der Waals surface area contributed by atoms with Gasteiger partial charge in [0.15, 0.2) is 17.2 Å². The molecule has 0 radical (unpaired) electrons. The lowest BCUT2D eigenvalue weighted by Gasteiger charge is -2.21. The molecule has 8 heteroatoms. The zero-order valence-corrected chi connectivity index (χ0v) is 22.5. The molecule has 1 atom stereocenters. The van der Waals surface area contributed by atoms with Gasteiger partial charge in [0.05, 0.1) is 39.5 Å². The van der Waals surface area contributed by atoms with Crippen molar-refractivity contribution >= 4 is 17.5 Å². The van der Waals surface area contributed by atoms with E-state index in [9.17, 15) is 9.59 Å². The Labute approximate surface area is 221 Å². The van der Waals surface area contributed by atoms with Gasteiger partial charge in [-0.05, 0) is 67.6 Å². The Bertz CT molecular complexity index is 1420. The molecule has 7 nitrogen and oxygen atoms in total. The molecule has 1 aliphatic rings. The van der Waals surface area contributed by atoms with Gasteiger partial charge >= 0.3 is 0 Å². The lowest BCUT2D eigenvalue weighted by molar-refractivity contribution is 0.0934. The molecule has 37 heavy (non-hydrogen) atoms. The van der Waals surface area contributed by atoms with E-state index in [2.05, 4.69) is 5.32 Å². The number of ether oxygens (including phenoxy) is 4. The number of nitrogens with one attached hydrogen (secondary N) is 1. The van der Waals surface area contributed by atoms with E-state index in [0.29, 0.717) is 57.4 Å². The van der Waals surface area contributed by atoms with Crippen LogP contribution in [0.25, 0.3) is 11.1 Å². The fourth-order valence-electron chi connectivity index (χ4n) is 5.04. The van der Waals surface area contributed by atoms with Crippen LogP contribution in [0.5, 0.6) is 23.0 Å². The van der Waals surface area contributed by atoms with Crippen LogP contribution >= 0.6 is 11.6 Å². The topological polar surface area (TPSA) is 83.1 Å². The van der Waals surface area contributed by atoms with Crippen LogP contribution < -0.4 is 29.7 Å². The average molecular weight is 524 g/mol. The molecule has 0 heterocycles. The van der Waals surface area contributed by atoms with Gasteiger partial charge in [0.25, 0.3) is 5.91 Å². The van der Waals surface area contributed by atoms with E-state index in [1.165, 1.54) is 34.5 Å². The molecule has 3 aromatic carbocycles. The molecule has 0 aromatic heterocycles. The summed E-state index contributed by atoms with van der Waals surface area (Å²) in [7, 11) is 6.01. The number of methoxy groups -OCH3 is 4. The number of fused-ring (bicyclic) bond motifs is 3. The predicted molar refractivity (Wildman–Crippen MR) is 144 cm³/mol. The maximum absolute atomic E-state index is 13.4. The second-order valence-corrected chi connectivity index (χ2v) is 9.37. The van der Waals surface area contributed by atoms with Crippen molar-refractivity contribution < 1.29 is 23.7 Å². The Morgan fingerprint density at radius 1 is 0.892 bits per heavy atom. The molecule has 0 fully saturated rings. The molecule has 3 aromatic rings. The summed E-state index contributed by atoms with van der Waals surface area (Å²) < 4.78 is 22.3. The van der Waals surface area contributed by atoms with Gasteiger partial charge in [-0.3, -0.25) is 9.59 Å². The number of amides is 1. The Kier molecular flexibility index (Phi) is 7.64. The Morgan fingerprint density at radius 3 is 2.14 bits per heavy atom. The van der Waals surface area contributed by atoms with Crippen molar-refractivity contribution in [3.63, 3.8) is 0 Å². The van der Waals surface area contributed by atoms with Gasteiger partial charge in [-0.2, -0.15) is 0 Å². The molecular formula is C29H30ClNO6. The minimum absolute atomic E-state index is 0.180. The summed E-state index contributed by atoms with van der Waals surface area (Å²) in [4.78, 5) is 26.4. The van der Waals surface area contributed by atoms with Crippen LogP contribution in [0.2, 0.25) is 5.02 Å². The summed E-state index contributed by atoms with van der Waals surface area (Å²) in [5.41, 5.74) is 5.01. The first-order chi connectivity index (χ1) is 17.7. The van der Waals surface area contributed by atoms with Crippen molar-refractivity contribution in [2.45, 2.75) is 32.7 Å². The summed E-state index contributed by atoms with van der Waals surface area (Å²) >= 11 is 6.85. The Hall–Kier alpha value is -3.71. The molecule has 0 aliphatic heterocycles. The van der Waals surface area contributed by atoms with Gasteiger partial charge in [0, 0.05) is 11.1 Å². The zero-order valence-electron chi connectivity index (χ0n) is 21.8. The first-order valence-corrected chi connectivity index (χ1v) is 12.2. The first kappa shape index (κ1) is 26.4. The Morgan fingerprint density at radius 2 is 1.54 bits per heavy atom. The van der Waals surface area contributed by atoms with E-state index in [0.717, 1.165) is 16.7 Å². The quantitative estimate of drug-likeness (QED) is 0.463. The predicted octanol–water partition coefficient (Wildman–Crippen LogP) is 5.44. The Balaban J connectivity index is 1.97. The molecule has 1 amide bonds. The highest BCUT2D eigenvalue weighted by molar-refractivity contribution is 6.34. The second-order valence-electron chi connectivity index (χ2n) is 8.99. The van der Waals surface area contributed by atoms with Gasteiger partial charge in [0.2, 0.25) is 11.2 Å². The van der Waals surface area contributed by atoms with Gasteiger partial charge in [-0.15, -0.1) is 0 Å². The third kappa shape index (κ3) is 4.83. The highest BCUT2D eigenvalue weighted by Gasteiger charge is 2.32. The average Bonchev–Trinajstić information content (AvgIpc) is 3.12. The van der Waals surface area contributed by atoms with Crippen molar-refractivity contribution in [2.75, 3.05) is 28.4 Å². The highest BCUT2D eigenvalue weighted by Crippen LogP contribution is 2.54. The van der Waals surface area contributed by atoms with Crippen LogP contribution in [0, 0.1) is 13.8 Å². The van der Waals surface area contributed by atoms with Crippen LogP contribution in [0.4, 0.5) is 0 Å². The molecule has 1 aliphatic carbocycles. The molecule has 0 spiro atoms. The standard InChI is InChI=1S/C29H30ClNO6/c1-15-11-16(2)13-17(12-15)29(33)31-21-9-7-19-24(18-8-10-23(34-3)22(32)14-20(18)21)26(35-4)28(37-6)27(36-5)25(19)30/h8,10-14,21H,7,9H2,1-6H3,(H,31,33)/t21-/m0/s1. The molecule has 194 valence electrons. The minimum Gasteiger partial charge on any atom is -0.493 e. The SMILES string of the molecule is COc1c(Cl)c2c(c(OC)c1OC)-c1ccc(OC)c(=O)cc1[C@@H](NC(=O)c1cc(C)cc(C)c1)CC2. The van der Waals surface area contributed by atoms with Crippen molar-refractivity contribution in [3.8, 4) is 34.1 Å². The smallest absolute Gasteiger partial charge is 0.251 e. The molecule has 0 saturated carbocycles. The lowest BCUT2D eigenvalue weighted by Crippen LogP contribution is -2.29. The van der Waals surface area contributed by atoms with E-state index in [-0.39, 0.29) is 17.1 Å². The molecule has 0 unspecified atom stereocenters. The third-order valence-corrected chi connectivity index (χ3v) is 7.00. The number of carbonyl (C=O) groups is 1. The van der Waals surface area contributed by atoms with Crippen molar-refractivity contribution in [3.05, 3.63) is 79.5 Å². The second kappa shape index (κ2) is 10.7. The van der Waals surface area contributed by atoms with Crippen molar-refractivity contribution in [1.29, 1.82) is 0 Å². The molecule has 4 rings (SSSR count). The lowest BCUT2D eigenvalue weighted by atomic mass is 9.95. The van der Waals surface area contributed by atoms with Gasteiger partial charge < -0.3 is 24.3 Å². The van der Waals surface area contributed by atoms with E-state index in [4.69, 9.17) is 30.5 Å². The van der Waals surface area contributed by atoms with E-state index in [1.807, 2.05) is 32.0 Å². The minimum atomic E-state index is -0.488. The van der Waals surface area contributed by atoms with E-state index < -0.39 is 6.04 Å². The third-order valence-electron chi connectivity index (χ3n) is 6.60. The van der Waals surface area contributed by atoms with Crippen LogP contribution in [0.1, 0.15) is 45.1 Å². The fourth-order valence-corrected chi connectivity index (χ4v) is 5.39. The summed E-state index contributed by atoms with van der Waals surface area (Å²) in [6.07, 6.45) is 0.979. The van der Waals surface area contributed by atoms with Gasteiger partial charge in [-0.25, -0.2) is 0 Å². The van der Waals surface area contributed by atoms with Crippen molar-refractivity contribution in [1.82, 2.24) is 5.32 Å². The van der Waals surface area contributed by atoms with Crippen LogP contribution in [0.3, 0.4) is 0 Å². The van der Waals surface area contributed by atoms with E-state index >= 15 is 0 Å². The summed E-state index contributed by atoms with van der Waals surface area (Å²) in [6, 6.07) is 10.1. The fraction of sp³-hybridized carbons (Fsp3) is 0.310.